The van der Waals surface area contributed by atoms with E-state index in [4.69, 9.17) is 0 Å². The Labute approximate surface area is 135 Å². The highest BCUT2D eigenvalue weighted by Gasteiger charge is 2.19. The highest BCUT2D eigenvalue weighted by Crippen LogP contribution is 2.27. The standard InChI is InChI=1S/C20H28N2/c1-16(2)22(17(3)4)15-13-19(18-10-6-5-7-11-18)20-12-8-9-14-21-20/h5-12,14,16-17,19H,13,15H2,1-4H3. The van der Waals surface area contributed by atoms with Gasteiger partial charge in [-0.25, -0.2) is 0 Å². The molecule has 2 rings (SSSR count). The molecule has 0 N–H and O–H groups in total. The van der Waals surface area contributed by atoms with E-state index in [1.165, 1.54) is 11.3 Å². The van der Waals surface area contributed by atoms with Gasteiger partial charge in [0.1, 0.15) is 0 Å². The van der Waals surface area contributed by atoms with Crippen LogP contribution >= 0.6 is 0 Å². The van der Waals surface area contributed by atoms with Crippen LogP contribution in [0.2, 0.25) is 0 Å². The smallest absolute Gasteiger partial charge is 0.0478 e. The monoisotopic (exact) mass is 296 g/mol. The molecule has 2 heteroatoms. The van der Waals surface area contributed by atoms with Gasteiger partial charge in [-0.3, -0.25) is 9.88 Å². The lowest BCUT2D eigenvalue weighted by Gasteiger charge is -2.32. The lowest BCUT2D eigenvalue weighted by molar-refractivity contribution is 0.170. The molecule has 0 saturated heterocycles. The minimum absolute atomic E-state index is 0.363. The van der Waals surface area contributed by atoms with Crippen LogP contribution in [0.5, 0.6) is 0 Å². The van der Waals surface area contributed by atoms with Crippen molar-refractivity contribution in [3.05, 3.63) is 66.0 Å². The zero-order valence-corrected chi connectivity index (χ0v) is 14.2. The summed E-state index contributed by atoms with van der Waals surface area (Å²) in [7, 11) is 0. The maximum Gasteiger partial charge on any atom is 0.0478 e. The van der Waals surface area contributed by atoms with Gasteiger partial charge in [0.05, 0.1) is 0 Å². The van der Waals surface area contributed by atoms with Gasteiger partial charge < -0.3 is 0 Å². The zero-order valence-electron chi connectivity index (χ0n) is 14.2. The van der Waals surface area contributed by atoms with Crippen LogP contribution in [0.25, 0.3) is 0 Å². The summed E-state index contributed by atoms with van der Waals surface area (Å²) < 4.78 is 0. The Morgan fingerprint density at radius 3 is 2.05 bits per heavy atom. The van der Waals surface area contributed by atoms with Gasteiger partial charge in [0, 0.05) is 29.9 Å². The van der Waals surface area contributed by atoms with Crippen LogP contribution in [0, 0.1) is 0 Å². The summed E-state index contributed by atoms with van der Waals surface area (Å²) >= 11 is 0. The van der Waals surface area contributed by atoms with Crippen LogP contribution in [-0.4, -0.2) is 28.5 Å². The third-order valence-electron chi connectivity index (χ3n) is 4.25. The van der Waals surface area contributed by atoms with Crippen molar-refractivity contribution < 1.29 is 0 Å². The second kappa shape index (κ2) is 8.09. The van der Waals surface area contributed by atoms with Gasteiger partial charge in [0.25, 0.3) is 0 Å². The van der Waals surface area contributed by atoms with Crippen molar-refractivity contribution in [3.63, 3.8) is 0 Å². The maximum absolute atomic E-state index is 4.60. The lowest BCUT2D eigenvalue weighted by atomic mass is 9.91. The van der Waals surface area contributed by atoms with Gasteiger partial charge in [-0.1, -0.05) is 36.4 Å². The summed E-state index contributed by atoms with van der Waals surface area (Å²) in [6.07, 6.45) is 2.99. The average Bonchev–Trinajstić information content (AvgIpc) is 2.52. The SMILES string of the molecule is CC(C)N(CCC(c1ccccc1)c1ccccn1)C(C)C. The van der Waals surface area contributed by atoms with E-state index in [-0.39, 0.29) is 0 Å². The molecular weight excluding hydrogens is 268 g/mol. The highest BCUT2D eigenvalue weighted by atomic mass is 15.2. The first-order valence-corrected chi connectivity index (χ1v) is 8.31. The fourth-order valence-electron chi connectivity index (χ4n) is 3.14. The van der Waals surface area contributed by atoms with Crippen LogP contribution in [0.4, 0.5) is 0 Å². The first-order chi connectivity index (χ1) is 10.6. The van der Waals surface area contributed by atoms with Gasteiger partial charge in [-0.2, -0.15) is 0 Å². The summed E-state index contributed by atoms with van der Waals surface area (Å²) in [6, 6.07) is 18.1. The summed E-state index contributed by atoms with van der Waals surface area (Å²) in [5.41, 5.74) is 2.52. The van der Waals surface area contributed by atoms with E-state index in [1.807, 2.05) is 12.3 Å². The molecule has 0 radical (unpaired) electrons. The molecule has 0 aliphatic carbocycles. The first-order valence-electron chi connectivity index (χ1n) is 8.31. The third-order valence-corrected chi connectivity index (χ3v) is 4.25. The molecule has 0 fully saturated rings. The Kier molecular flexibility index (Phi) is 6.14. The van der Waals surface area contributed by atoms with Crippen molar-refractivity contribution in [3.8, 4) is 0 Å². The van der Waals surface area contributed by atoms with Gasteiger partial charge in [0.2, 0.25) is 0 Å². The molecule has 2 nitrogen and oxygen atoms in total. The van der Waals surface area contributed by atoms with E-state index in [0.29, 0.717) is 18.0 Å². The molecule has 0 bridgehead atoms. The van der Waals surface area contributed by atoms with Crippen molar-refractivity contribution >= 4 is 0 Å². The Bertz CT molecular complexity index is 487. The second-order valence-electron chi connectivity index (χ2n) is 6.43. The highest BCUT2D eigenvalue weighted by molar-refractivity contribution is 5.28. The van der Waals surface area contributed by atoms with Crippen molar-refractivity contribution in [1.29, 1.82) is 0 Å². The van der Waals surface area contributed by atoms with Crippen LogP contribution in [-0.2, 0) is 0 Å². The minimum atomic E-state index is 0.363. The number of rotatable bonds is 7. The molecule has 22 heavy (non-hydrogen) atoms. The van der Waals surface area contributed by atoms with Crippen LogP contribution < -0.4 is 0 Å². The van der Waals surface area contributed by atoms with Gasteiger partial charge in [-0.05, 0) is 58.4 Å². The summed E-state index contributed by atoms with van der Waals surface area (Å²) in [5, 5.41) is 0. The summed E-state index contributed by atoms with van der Waals surface area (Å²) in [4.78, 5) is 7.16. The molecule has 1 heterocycles. The molecule has 1 unspecified atom stereocenters. The van der Waals surface area contributed by atoms with Crippen LogP contribution in [0.3, 0.4) is 0 Å². The maximum atomic E-state index is 4.60. The Hall–Kier alpha value is -1.67. The molecule has 1 atom stereocenters. The number of nitrogens with zero attached hydrogens (tertiary/aromatic N) is 2. The zero-order chi connectivity index (χ0) is 15.9. The van der Waals surface area contributed by atoms with Crippen molar-refractivity contribution in [2.45, 2.75) is 52.1 Å². The van der Waals surface area contributed by atoms with Gasteiger partial charge >= 0.3 is 0 Å². The molecule has 118 valence electrons. The third kappa shape index (κ3) is 4.41. The van der Waals surface area contributed by atoms with Gasteiger partial charge in [-0.15, -0.1) is 0 Å². The second-order valence-corrected chi connectivity index (χ2v) is 6.43. The van der Waals surface area contributed by atoms with E-state index in [9.17, 15) is 0 Å². The van der Waals surface area contributed by atoms with Gasteiger partial charge in [0.15, 0.2) is 0 Å². The Morgan fingerprint density at radius 1 is 0.864 bits per heavy atom. The molecule has 0 amide bonds. The fraction of sp³-hybridized carbons (Fsp3) is 0.450. The van der Waals surface area contributed by atoms with E-state index >= 15 is 0 Å². The number of benzene rings is 1. The number of pyridine rings is 1. The lowest BCUT2D eigenvalue weighted by Crippen LogP contribution is -2.38. The van der Waals surface area contributed by atoms with Crippen molar-refractivity contribution in [2.75, 3.05) is 6.54 Å². The molecule has 0 saturated carbocycles. The predicted molar refractivity (Wildman–Crippen MR) is 94.1 cm³/mol. The summed E-state index contributed by atoms with van der Waals surface area (Å²) in [6.45, 7) is 10.2. The van der Waals surface area contributed by atoms with Crippen LogP contribution in [0.15, 0.2) is 54.7 Å². The molecule has 2 aromatic rings. The Morgan fingerprint density at radius 2 is 1.50 bits per heavy atom. The van der Waals surface area contributed by atoms with Crippen LogP contribution in [0.1, 0.15) is 51.3 Å². The molecule has 0 aliphatic rings. The Balaban J connectivity index is 2.19. The van der Waals surface area contributed by atoms with E-state index in [1.54, 1.807) is 0 Å². The predicted octanol–water partition coefficient (Wildman–Crippen LogP) is 4.72. The van der Waals surface area contributed by atoms with E-state index in [0.717, 1.165) is 13.0 Å². The number of aromatic nitrogens is 1. The first kappa shape index (κ1) is 16.7. The number of hydrogen-bond acceptors (Lipinski definition) is 2. The van der Waals surface area contributed by atoms with E-state index < -0.39 is 0 Å². The normalized spacial score (nSPS) is 13.0. The van der Waals surface area contributed by atoms with Crippen molar-refractivity contribution in [1.82, 2.24) is 9.88 Å². The van der Waals surface area contributed by atoms with Crippen molar-refractivity contribution in [2.24, 2.45) is 0 Å². The quantitative estimate of drug-likeness (QED) is 0.735. The number of hydrogen-bond donors (Lipinski definition) is 0. The fourth-order valence-corrected chi connectivity index (χ4v) is 3.14. The average molecular weight is 296 g/mol. The molecule has 1 aromatic carbocycles. The largest absolute Gasteiger partial charge is 0.299 e. The molecule has 0 aliphatic heterocycles. The minimum Gasteiger partial charge on any atom is -0.299 e. The summed E-state index contributed by atoms with van der Waals surface area (Å²) in [5.74, 6) is 0.363. The molecule has 1 aromatic heterocycles. The molecular formula is C20H28N2. The van der Waals surface area contributed by atoms with E-state index in [2.05, 4.69) is 80.0 Å². The molecule has 0 spiro atoms. The topological polar surface area (TPSA) is 16.1 Å².